The highest BCUT2D eigenvalue weighted by Crippen LogP contribution is 2.30. The zero-order valence-corrected chi connectivity index (χ0v) is 14.9. The van der Waals surface area contributed by atoms with E-state index in [4.69, 9.17) is 5.73 Å². The van der Waals surface area contributed by atoms with E-state index in [1.807, 2.05) is 0 Å². The van der Waals surface area contributed by atoms with Crippen LogP contribution in [-0.2, 0) is 19.5 Å². The van der Waals surface area contributed by atoms with Crippen LogP contribution in [0.25, 0.3) is 0 Å². The maximum absolute atomic E-state index is 6.18. The largest absolute Gasteiger partial charge is 0.355 e. The van der Waals surface area contributed by atoms with Crippen molar-refractivity contribution in [2.75, 3.05) is 18.0 Å². The van der Waals surface area contributed by atoms with Crippen LogP contribution >= 0.6 is 0 Å². The molecule has 0 bridgehead atoms. The van der Waals surface area contributed by atoms with E-state index in [2.05, 4.69) is 57.0 Å². The molecule has 2 atom stereocenters. The monoisotopic (exact) mass is 337 g/mol. The van der Waals surface area contributed by atoms with Crippen molar-refractivity contribution < 1.29 is 0 Å². The van der Waals surface area contributed by atoms with Gasteiger partial charge in [0.1, 0.15) is 12.1 Å². The summed E-state index contributed by atoms with van der Waals surface area (Å²) in [5.41, 5.74) is 10.0. The van der Waals surface area contributed by atoms with Gasteiger partial charge in [-0.05, 0) is 31.7 Å². The lowest BCUT2D eigenvalue weighted by Crippen LogP contribution is -2.45. The highest BCUT2D eigenvalue weighted by atomic mass is 15.2. The van der Waals surface area contributed by atoms with Crippen LogP contribution < -0.4 is 10.6 Å². The minimum Gasteiger partial charge on any atom is -0.355 e. The number of hydrogen-bond acceptors (Lipinski definition) is 5. The van der Waals surface area contributed by atoms with Crippen LogP contribution in [0.4, 0.5) is 5.82 Å². The SMILES string of the molecule is CC1Cc2c(ncnc2N2CCC[C@@H](N)C2)CN1Cc1ccccc1. The number of benzene rings is 1. The number of hydrogen-bond donors (Lipinski definition) is 1. The third kappa shape index (κ3) is 3.53. The number of aromatic nitrogens is 2. The maximum Gasteiger partial charge on any atom is 0.135 e. The molecule has 132 valence electrons. The van der Waals surface area contributed by atoms with Crippen molar-refractivity contribution in [2.45, 2.75) is 51.4 Å². The van der Waals surface area contributed by atoms with E-state index >= 15 is 0 Å². The number of nitrogens with zero attached hydrogens (tertiary/aromatic N) is 4. The van der Waals surface area contributed by atoms with E-state index in [0.29, 0.717) is 6.04 Å². The molecule has 1 fully saturated rings. The molecule has 4 rings (SSSR count). The fourth-order valence-corrected chi connectivity index (χ4v) is 4.06. The Morgan fingerprint density at radius 1 is 1.20 bits per heavy atom. The van der Waals surface area contributed by atoms with Gasteiger partial charge in [-0.2, -0.15) is 0 Å². The van der Waals surface area contributed by atoms with Crippen LogP contribution in [0.5, 0.6) is 0 Å². The number of anilines is 1. The summed E-state index contributed by atoms with van der Waals surface area (Å²) < 4.78 is 0. The lowest BCUT2D eigenvalue weighted by molar-refractivity contribution is 0.172. The zero-order valence-electron chi connectivity index (χ0n) is 14.9. The van der Waals surface area contributed by atoms with Gasteiger partial charge in [0, 0.05) is 43.8 Å². The minimum absolute atomic E-state index is 0.259. The predicted octanol–water partition coefficient (Wildman–Crippen LogP) is 2.35. The first-order valence-corrected chi connectivity index (χ1v) is 9.32. The zero-order chi connectivity index (χ0) is 17.2. The molecule has 5 heteroatoms. The molecule has 0 aliphatic carbocycles. The van der Waals surface area contributed by atoms with Gasteiger partial charge in [-0.3, -0.25) is 4.90 Å². The molecule has 0 spiro atoms. The van der Waals surface area contributed by atoms with Gasteiger partial charge >= 0.3 is 0 Å². The van der Waals surface area contributed by atoms with Crippen molar-refractivity contribution in [1.82, 2.24) is 14.9 Å². The summed E-state index contributed by atoms with van der Waals surface area (Å²) in [7, 11) is 0. The van der Waals surface area contributed by atoms with Crippen molar-refractivity contribution in [3.63, 3.8) is 0 Å². The van der Waals surface area contributed by atoms with Crippen LogP contribution in [-0.4, -0.2) is 40.0 Å². The Kier molecular flexibility index (Phi) is 4.68. The molecule has 25 heavy (non-hydrogen) atoms. The summed E-state index contributed by atoms with van der Waals surface area (Å²) in [5, 5.41) is 0. The van der Waals surface area contributed by atoms with E-state index in [1.165, 1.54) is 16.8 Å². The van der Waals surface area contributed by atoms with Crippen molar-refractivity contribution >= 4 is 5.82 Å². The summed E-state index contributed by atoms with van der Waals surface area (Å²) in [6, 6.07) is 11.4. The molecule has 2 aliphatic heterocycles. The minimum atomic E-state index is 0.259. The van der Waals surface area contributed by atoms with Crippen molar-refractivity contribution in [2.24, 2.45) is 5.73 Å². The predicted molar refractivity (Wildman–Crippen MR) is 100 cm³/mol. The molecule has 1 unspecified atom stereocenters. The standard InChI is InChI=1S/C20H27N5/c1-15-10-18-19(13-25(15)11-16-6-3-2-4-7-16)22-14-23-20(18)24-9-5-8-17(21)12-24/h2-4,6-7,14-15,17H,5,8-13,21H2,1H3/t15?,17-/m1/s1. The number of fused-ring (bicyclic) bond motifs is 1. The number of piperidine rings is 1. The molecule has 0 saturated carbocycles. The normalized spacial score (nSPS) is 24.2. The quantitative estimate of drug-likeness (QED) is 0.932. The topological polar surface area (TPSA) is 58.3 Å². The molecular formula is C20H27N5. The van der Waals surface area contributed by atoms with Crippen molar-refractivity contribution in [3.8, 4) is 0 Å². The third-order valence-electron chi connectivity index (χ3n) is 5.47. The molecule has 0 radical (unpaired) electrons. The van der Waals surface area contributed by atoms with E-state index < -0.39 is 0 Å². The van der Waals surface area contributed by atoms with Gasteiger partial charge in [0.2, 0.25) is 0 Å². The fraction of sp³-hybridized carbons (Fsp3) is 0.500. The van der Waals surface area contributed by atoms with Gasteiger partial charge in [0.05, 0.1) is 5.69 Å². The summed E-state index contributed by atoms with van der Waals surface area (Å²) in [6.07, 6.45) is 5.00. The summed E-state index contributed by atoms with van der Waals surface area (Å²) in [4.78, 5) is 14.1. The van der Waals surface area contributed by atoms with Gasteiger partial charge in [0.25, 0.3) is 0 Å². The average Bonchev–Trinajstić information content (AvgIpc) is 2.63. The van der Waals surface area contributed by atoms with Crippen molar-refractivity contribution in [3.05, 3.63) is 53.5 Å². The van der Waals surface area contributed by atoms with Crippen LogP contribution in [0.1, 0.15) is 36.6 Å². The highest BCUT2D eigenvalue weighted by molar-refractivity contribution is 5.50. The Labute approximate surface area is 149 Å². The maximum atomic E-state index is 6.18. The Hall–Kier alpha value is -1.98. The lowest BCUT2D eigenvalue weighted by atomic mass is 9.97. The van der Waals surface area contributed by atoms with E-state index in [1.54, 1.807) is 6.33 Å². The molecular weight excluding hydrogens is 310 g/mol. The van der Waals surface area contributed by atoms with Crippen LogP contribution in [0, 0.1) is 0 Å². The van der Waals surface area contributed by atoms with Gasteiger partial charge < -0.3 is 10.6 Å². The fourth-order valence-electron chi connectivity index (χ4n) is 4.06. The molecule has 2 aromatic rings. The van der Waals surface area contributed by atoms with Gasteiger partial charge in [0.15, 0.2) is 0 Å². The number of rotatable bonds is 3. The third-order valence-corrected chi connectivity index (χ3v) is 5.47. The average molecular weight is 337 g/mol. The van der Waals surface area contributed by atoms with E-state index in [9.17, 15) is 0 Å². The second-order valence-electron chi connectivity index (χ2n) is 7.41. The summed E-state index contributed by atoms with van der Waals surface area (Å²) in [5.74, 6) is 1.12. The Balaban J connectivity index is 1.56. The van der Waals surface area contributed by atoms with Gasteiger partial charge in [-0.25, -0.2) is 9.97 Å². The first kappa shape index (κ1) is 16.5. The second kappa shape index (κ2) is 7.10. The van der Waals surface area contributed by atoms with Gasteiger partial charge in [-0.1, -0.05) is 30.3 Å². The molecule has 1 aromatic heterocycles. The highest BCUT2D eigenvalue weighted by Gasteiger charge is 2.29. The van der Waals surface area contributed by atoms with E-state index in [0.717, 1.165) is 51.3 Å². The first-order valence-electron chi connectivity index (χ1n) is 9.32. The molecule has 1 aromatic carbocycles. The van der Waals surface area contributed by atoms with E-state index in [-0.39, 0.29) is 6.04 Å². The van der Waals surface area contributed by atoms with Crippen LogP contribution in [0.2, 0.25) is 0 Å². The van der Waals surface area contributed by atoms with Gasteiger partial charge in [-0.15, -0.1) is 0 Å². The lowest BCUT2D eigenvalue weighted by Gasteiger charge is -2.38. The molecule has 2 aliphatic rings. The Bertz CT molecular complexity index is 717. The first-order chi connectivity index (χ1) is 12.2. The summed E-state index contributed by atoms with van der Waals surface area (Å²) >= 11 is 0. The number of nitrogens with two attached hydrogens (primary N) is 1. The second-order valence-corrected chi connectivity index (χ2v) is 7.41. The molecule has 2 N–H and O–H groups in total. The smallest absolute Gasteiger partial charge is 0.135 e. The Morgan fingerprint density at radius 2 is 2.04 bits per heavy atom. The summed E-state index contributed by atoms with van der Waals surface area (Å²) in [6.45, 7) is 6.13. The molecule has 0 amide bonds. The molecule has 3 heterocycles. The Morgan fingerprint density at radius 3 is 2.84 bits per heavy atom. The molecule has 1 saturated heterocycles. The van der Waals surface area contributed by atoms with Crippen molar-refractivity contribution in [1.29, 1.82) is 0 Å². The van der Waals surface area contributed by atoms with Crippen LogP contribution in [0.3, 0.4) is 0 Å². The molecule has 5 nitrogen and oxygen atoms in total. The van der Waals surface area contributed by atoms with Crippen LogP contribution in [0.15, 0.2) is 36.7 Å².